The molecule has 2 aromatic carbocycles. The zero-order valence-corrected chi connectivity index (χ0v) is 11.4. The second-order valence-corrected chi connectivity index (χ2v) is 4.33. The second kappa shape index (κ2) is 6.19. The largest absolute Gasteiger partial charge is 0.496 e. The van der Waals surface area contributed by atoms with E-state index in [0.29, 0.717) is 22.6 Å². The molecule has 0 amide bonds. The monoisotopic (exact) mass is 274 g/mol. The molecule has 0 aliphatic heterocycles. The van der Waals surface area contributed by atoms with Gasteiger partial charge in [0.1, 0.15) is 23.9 Å². The third kappa shape index (κ3) is 3.35. The Balaban J connectivity index is 2.08. The lowest BCUT2D eigenvalue weighted by molar-refractivity contribution is 0.101. The topological polar surface area (TPSA) is 35.5 Å². The van der Waals surface area contributed by atoms with Gasteiger partial charge in [-0.05, 0) is 49.4 Å². The fraction of sp³-hybridized carbons (Fsp3) is 0.188. The van der Waals surface area contributed by atoms with Gasteiger partial charge in [-0.25, -0.2) is 4.39 Å². The summed E-state index contributed by atoms with van der Waals surface area (Å²) in [6.45, 7) is 1.70. The van der Waals surface area contributed by atoms with Gasteiger partial charge in [-0.15, -0.1) is 0 Å². The van der Waals surface area contributed by atoms with Crippen LogP contribution in [0.5, 0.6) is 11.5 Å². The molecule has 0 aliphatic rings. The van der Waals surface area contributed by atoms with Gasteiger partial charge >= 0.3 is 0 Å². The number of methoxy groups -OCH3 is 1. The molecule has 104 valence electrons. The van der Waals surface area contributed by atoms with E-state index in [1.165, 1.54) is 26.2 Å². The third-order valence-electron chi connectivity index (χ3n) is 2.90. The predicted octanol–water partition coefficient (Wildman–Crippen LogP) is 3.62. The van der Waals surface area contributed by atoms with Crippen molar-refractivity contribution in [2.75, 3.05) is 7.11 Å². The Kier molecular flexibility index (Phi) is 4.35. The van der Waals surface area contributed by atoms with Crippen molar-refractivity contribution in [3.05, 3.63) is 59.4 Å². The Hall–Kier alpha value is -2.36. The van der Waals surface area contributed by atoms with E-state index in [9.17, 15) is 9.18 Å². The molecule has 0 aliphatic carbocycles. The van der Waals surface area contributed by atoms with Crippen LogP contribution in [0.15, 0.2) is 42.5 Å². The zero-order valence-electron chi connectivity index (χ0n) is 11.4. The van der Waals surface area contributed by atoms with Crippen LogP contribution < -0.4 is 9.47 Å². The summed E-state index contributed by atoms with van der Waals surface area (Å²) in [7, 11) is 1.53. The Labute approximate surface area is 117 Å². The van der Waals surface area contributed by atoms with Gasteiger partial charge in [-0.2, -0.15) is 0 Å². The van der Waals surface area contributed by atoms with Crippen LogP contribution in [0, 0.1) is 5.82 Å². The van der Waals surface area contributed by atoms with Gasteiger partial charge in [0.2, 0.25) is 0 Å². The van der Waals surface area contributed by atoms with Crippen LogP contribution >= 0.6 is 0 Å². The maximum absolute atomic E-state index is 13.2. The number of carbonyl (C=O) groups excluding carboxylic acids is 1. The molecular formula is C16H15FO3. The molecule has 20 heavy (non-hydrogen) atoms. The predicted molar refractivity (Wildman–Crippen MR) is 73.7 cm³/mol. The molecule has 0 N–H and O–H groups in total. The molecule has 3 nitrogen and oxygen atoms in total. The van der Waals surface area contributed by atoms with Crippen LogP contribution in [0.2, 0.25) is 0 Å². The maximum Gasteiger partial charge on any atom is 0.159 e. The molecule has 0 heterocycles. The molecule has 4 heteroatoms. The number of ether oxygens (including phenoxy) is 2. The van der Waals surface area contributed by atoms with Crippen LogP contribution in [-0.4, -0.2) is 12.9 Å². The first-order chi connectivity index (χ1) is 9.60. The van der Waals surface area contributed by atoms with Gasteiger partial charge < -0.3 is 9.47 Å². The van der Waals surface area contributed by atoms with E-state index in [1.54, 1.807) is 30.3 Å². The molecule has 2 rings (SSSR count). The highest BCUT2D eigenvalue weighted by atomic mass is 19.1. The summed E-state index contributed by atoms with van der Waals surface area (Å²) in [6, 6.07) is 11.1. The minimum atomic E-state index is -0.337. The van der Waals surface area contributed by atoms with Crippen molar-refractivity contribution in [1.82, 2.24) is 0 Å². The standard InChI is InChI=1S/C16H15FO3/c1-11(18)12-3-6-15(7-4-12)20-10-13-9-14(17)5-8-16(13)19-2/h3-9H,10H2,1-2H3. The van der Waals surface area contributed by atoms with E-state index >= 15 is 0 Å². The highest BCUT2D eigenvalue weighted by Gasteiger charge is 2.06. The number of rotatable bonds is 5. The fourth-order valence-electron chi connectivity index (χ4n) is 1.81. The van der Waals surface area contributed by atoms with E-state index in [1.807, 2.05) is 0 Å². The van der Waals surface area contributed by atoms with Crippen molar-refractivity contribution in [2.24, 2.45) is 0 Å². The van der Waals surface area contributed by atoms with E-state index in [2.05, 4.69) is 0 Å². The fourth-order valence-corrected chi connectivity index (χ4v) is 1.81. The average Bonchev–Trinajstić information content (AvgIpc) is 2.45. The van der Waals surface area contributed by atoms with Crippen molar-refractivity contribution in [3.8, 4) is 11.5 Å². The van der Waals surface area contributed by atoms with Gasteiger partial charge in [0.25, 0.3) is 0 Å². The first-order valence-corrected chi connectivity index (χ1v) is 6.16. The molecular weight excluding hydrogens is 259 g/mol. The number of hydrogen-bond donors (Lipinski definition) is 0. The van der Waals surface area contributed by atoms with E-state index < -0.39 is 0 Å². The lowest BCUT2D eigenvalue weighted by Gasteiger charge is -2.10. The van der Waals surface area contributed by atoms with Gasteiger partial charge in [-0.1, -0.05) is 0 Å². The van der Waals surface area contributed by atoms with Crippen LogP contribution in [0.4, 0.5) is 4.39 Å². The smallest absolute Gasteiger partial charge is 0.159 e. The van der Waals surface area contributed by atoms with Crippen molar-refractivity contribution < 1.29 is 18.7 Å². The molecule has 0 saturated carbocycles. The normalized spacial score (nSPS) is 10.2. The lowest BCUT2D eigenvalue weighted by atomic mass is 10.1. The summed E-state index contributed by atoms with van der Waals surface area (Å²) in [4.78, 5) is 11.2. The average molecular weight is 274 g/mol. The van der Waals surface area contributed by atoms with Gasteiger partial charge in [0, 0.05) is 11.1 Å². The molecule has 0 spiro atoms. The van der Waals surface area contributed by atoms with Crippen LogP contribution in [0.25, 0.3) is 0 Å². The highest BCUT2D eigenvalue weighted by Crippen LogP contribution is 2.22. The van der Waals surface area contributed by atoms with Crippen molar-refractivity contribution in [2.45, 2.75) is 13.5 Å². The zero-order chi connectivity index (χ0) is 14.5. The molecule has 0 fully saturated rings. The molecule has 0 bridgehead atoms. The number of carbonyl (C=O) groups is 1. The van der Waals surface area contributed by atoms with E-state index in [0.717, 1.165) is 0 Å². The molecule has 2 aromatic rings. The Morgan fingerprint density at radius 3 is 2.45 bits per heavy atom. The number of hydrogen-bond acceptors (Lipinski definition) is 3. The molecule has 0 atom stereocenters. The number of Topliss-reactive ketones (excluding diaryl/α,β-unsaturated/α-hetero) is 1. The lowest BCUT2D eigenvalue weighted by Crippen LogP contribution is -2.00. The van der Waals surface area contributed by atoms with Gasteiger partial charge in [0.15, 0.2) is 5.78 Å². The Bertz CT molecular complexity index is 606. The first-order valence-electron chi connectivity index (χ1n) is 6.16. The highest BCUT2D eigenvalue weighted by molar-refractivity contribution is 5.94. The van der Waals surface area contributed by atoms with Crippen LogP contribution in [-0.2, 0) is 6.61 Å². The van der Waals surface area contributed by atoms with Crippen LogP contribution in [0.3, 0.4) is 0 Å². The summed E-state index contributed by atoms with van der Waals surface area (Å²) >= 11 is 0. The van der Waals surface area contributed by atoms with E-state index in [4.69, 9.17) is 9.47 Å². The van der Waals surface area contributed by atoms with Gasteiger partial charge in [0.05, 0.1) is 7.11 Å². The quantitative estimate of drug-likeness (QED) is 0.781. The maximum atomic E-state index is 13.2. The summed E-state index contributed by atoms with van der Waals surface area (Å²) in [5.41, 5.74) is 1.25. The SMILES string of the molecule is COc1ccc(F)cc1COc1ccc(C(C)=O)cc1. The summed E-state index contributed by atoms with van der Waals surface area (Å²) in [5.74, 6) is 0.854. The van der Waals surface area contributed by atoms with Gasteiger partial charge in [-0.3, -0.25) is 4.79 Å². The van der Waals surface area contributed by atoms with E-state index in [-0.39, 0.29) is 18.2 Å². The van der Waals surface area contributed by atoms with Crippen molar-refractivity contribution >= 4 is 5.78 Å². The minimum absolute atomic E-state index is 0.00310. The van der Waals surface area contributed by atoms with Crippen molar-refractivity contribution in [3.63, 3.8) is 0 Å². The third-order valence-corrected chi connectivity index (χ3v) is 2.90. The summed E-state index contributed by atoms with van der Waals surface area (Å²) in [5, 5.41) is 0. The summed E-state index contributed by atoms with van der Waals surface area (Å²) < 4.78 is 23.9. The number of halogens is 1. The number of ketones is 1. The molecule has 0 aromatic heterocycles. The second-order valence-electron chi connectivity index (χ2n) is 4.33. The Morgan fingerprint density at radius 1 is 1.15 bits per heavy atom. The minimum Gasteiger partial charge on any atom is -0.496 e. The number of benzene rings is 2. The molecule has 0 saturated heterocycles. The van der Waals surface area contributed by atoms with Crippen molar-refractivity contribution in [1.29, 1.82) is 0 Å². The molecule has 0 radical (unpaired) electrons. The Morgan fingerprint density at radius 2 is 1.85 bits per heavy atom. The summed E-state index contributed by atoms with van der Waals surface area (Å²) in [6.07, 6.45) is 0. The first kappa shape index (κ1) is 14.1. The van der Waals surface area contributed by atoms with Crippen LogP contribution in [0.1, 0.15) is 22.8 Å². The molecule has 0 unspecified atom stereocenters.